The number of benzene rings is 2. The third-order valence-corrected chi connectivity index (χ3v) is 6.05. The van der Waals surface area contributed by atoms with Crippen molar-refractivity contribution in [1.82, 2.24) is 15.0 Å². The standard InChI is InChI=1S/C23H23BrClN3O3/c1-16-21(15-30-20-7-3-6-19(25)13-20)22(26-31-16)23(29)28-10-8-27(9-11-28)14-17-4-2-5-18(24)12-17/h2-7,12-13H,8-11,14-15H2,1H3. The van der Waals surface area contributed by atoms with Crippen molar-refractivity contribution in [2.75, 3.05) is 26.2 Å². The van der Waals surface area contributed by atoms with Crippen molar-refractivity contribution in [3.63, 3.8) is 0 Å². The zero-order valence-corrected chi connectivity index (χ0v) is 19.5. The highest BCUT2D eigenvalue weighted by Gasteiger charge is 2.28. The van der Waals surface area contributed by atoms with E-state index in [0.29, 0.717) is 40.9 Å². The van der Waals surface area contributed by atoms with Gasteiger partial charge in [0.2, 0.25) is 0 Å². The maximum atomic E-state index is 13.1. The van der Waals surface area contributed by atoms with E-state index in [1.807, 2.05) is 29.2 Å². The fourth-order valence-corrected chi connectivity index (χ4v) is 4.22. The Hall–Kier alpha value is -2.35. The molecule has 0 spiro atoms. The van der Waals surface area contributed by atoms with Crippen molar-refractivity contribution in [2.24, 2.45) is 0 Å². The predicted molar refractivity (Wildman–Crippen MR) is 122 cm³/mol. The molecule has 31 heavy (non-hydrogen) atoms. The summed E-state index contributed by atoms with van der Waals surface area (Å²) in [6, 6.07) is 15.5. The molecule has 0 radical (unpaired) electrons. The number of carbonyl (C=O) groups is 1. The van der Waals surface area contributed by atoms with E-state index < -0.39 is 0 Å². The summed E-state index contributed by atoms with van der Waals surface area (Å²) in [5.74, 6) is 1.09. The Morgan fingerprint density at radius 3 is 2.68 bits per heavy atom. The smallest absolute Gasteiger partial charge is 0.276 e. The van der Waals surface area contributed by atoms with Crippen LogP contribution in [-0.2, 0) is 13.2 Å². The van der Waals surface area contributed by atoms with Crippen LogP contribution in [0.1, 0.15) is 27.4 Å². The number of hydrogen-bond donors (Lipinski definition) is 0. The lowest BCUT2D eigenvalue weighted by molar-refractivity contribution is 0.0616. The van der Waals surface area contributed by atoms with Gasteiger partial charge >= 0.3 is 0 Å². The summed E-state index contributed by atoms with van der Waals surface area (Å²) in [6.07, 6.45) is 0. The first-order chi connectivity index (χ1) is 15.0. The maximum Gasteiger partial charge on any atom is 0.276 e. The molecule has 3 aromatic rings. The lowest BCUT2D eigenvalue weighted by Gasteiger charge is -2.34. The van der Waals surface area contributed by atoms with Crippen molar-refractivity contribution in [2.45, 2.75) is 20.1 Å². The van der Waals surface area contributed by atoms with Gasteiger partial charge in [0.05, 0.1) is 5.56 Å². The highest BCUT2D eigenvalue weighted by molar-refractivity contribution is 9.10. The number of halogens is 2. The van der Waals surface area contributed by atoms with Crippen LogP contribution in [0.4, 0.5) is 0 Å². The molecule has 0 saturated carbocycles. The van der Waals surface area contributed by atoms with E-state index in [-0.39, 0.29) is 12.5 Å². The van der Waals surface area contributed by atoms with E-state index >= 15 is 0 Å². The van der Waals surface area contributed by atoms with Crippen LogP contribution < -0.4 is 4.74 Å². The third-order valence-electron chi connectivity index (χ3n) is 5.32. The van der Waals surface area contributed by atoms with Gasteiger partial charge in [-0.2, -0.15) is 0 Å². The molecule has 0 aliphatic carbocycles. The molecule has 0 atom stereocenters. The Morgan fingerprint density at radius 2 is 1.94 bits per heavy atom. The maximum absolute atomic E-state index is 13.1. The van der Waals surface area contributed by atoms with Crippen molar-refractivity contribution in [3.8, 4) is 5.75 Å². The van der Waals surface area contributed by atoms with E-state index in [4.69, 9.17) is 20.9 Å². The van der Waals surface area contributed by atoms with Gasteiger partial charge in [0, 0.05) is 42.2 Å². The highest BCUT2D eigenvalue weighted by atomic mass is 79.9. The van der Waals surface area contributed by atoms with Gasteiger partial charge in [0.25, 0.3) is 5.91 Å². The summed E-state index contributed by atoms with van der Waals surface area (Å²) in [7, 11) is 0. The lowest BCUT2D eigenvalue weighted by atomic mass is 10.1. The second-order valence-electron chi connectivity index (χ2n) is 7.51. The quantitative estimate of drug-likeness (QED) is 0.476. The molecule has 1 fully saturated rings. The van der Waals surface area contributed by atoms with Gasteiger partial charge in [0.1, 0.15) is 18.1 Å². The molecule has 1 aliphatic rings. The van der Waals surface area contributed by atoms with Gasteiger partial charge in [-0.25, -0.2) is 0 Å². The van der Waals surface area contributed by atoms with Crippen LogP contribution in [0.2, 0.25) is 5.02 Å². The second kappa shape index (κ2) is 9.85. The summed E-state index contributed by atoms with van der Waals surface area (Å²) in [5, 5.41) is 4.62. The van der Waals surface area contributed by atoms with Crippen molar-refractivity contribution < 1.29 is 14.1 Å². The summed E-state index contributed by atoms with van der Waals surface area (Å²) in [4.78, 5) is 17.3. The van der Waals surface area contributed by atoms with Gasteiger partial charge in [-0.15, -0.1) is 0 Å². The van der Waals surface area contributed by atoms with E-state index in [1.54, 1.807) is 19.1 Å². The molecule has 1 saturated heterocycles. The summed E-state index contributed by atoms with van der Waals surface area (Å²) in [5.41, 5.74) is 2.24. The number of nitrogens with zero attached hydrogens (tertiary/aromatic N) is 3. The number of aryl methyl sites for hydroxylation is 1. The van der Waals surface area contributed by atoms with Gasteiger partial charge < -0.3 is 14.2 Å². The number of hydrogen-bond acceptors (Lipinski definition) is 5. The lowest BCUT2D eigenvalue weighted by Crippen LogP contribution is -2.48. The molecule has 0 bridgehead atoms. The van der Waals surface area contributed by atoms with E-state index in [2.05, 4.69) is 38.1 Å². The predicted octanol–water partition coefficient (Wildman–Crippen LogP) is 4.94. The molecule has 2 heterocycles. The van der Waals surface area contributed by atoms with Gasteiger partial charge in [-0.3, -0.25) is 9.69 Å². The first kappa shape index (κ1) is 21.9. The largest absolute Gasteiger partial charge is 0.489 e. The highest BCUT2D eigenvalue weighted by Crippen LogP contribution is 2.22. The van der Waals surface area contributed by atoms with Crippen molar-refractivity contribution in [3.05, 3.63) is 80.6 Å². The van der Waals surface area contributed by atoms with Crippen LogP contribution in [-0.4, -0.2) is 47.0 Å². The van der Waals surface area contributed by atoms with E-state index in [1.165, 1.54) is 5.56 Å². The molecule has 0 unspecified atom stereocenters. The Kier molecular flexibility index (Phi) is 6.95. The minimum absolute atomic E-state index is 0.122. The molecule has 162 valence electrons. The molecule has 0 N–H and O–H groups in total. The van der Waals surface area contributed by atoms with Crippen LogP contribution in [0.25, 0.3) is 0 Å². The monoisotopic (exact) mass is 503 g/mol. The molecular weight excluding hydrogens is 482 g/mol. The molecular formula is C23H23BrClN3O3. The Morgan fingerprint density at radius 1 is 1.16 bits per heavy atom. The summed E-state index contributed by atoms with van der Waals surface area (Å²) < 4.78 is 12.2. The first-order valence-electron chi connectivity index (χ1n) is 10.1. The Balaban J connectivity index is 1.37. The minimum Gasteiger partial charge on any atom is -0.489 e. The van der Waals surface area contributed by atoms with Gasteiger partial charge in [-0.05, 0) is 42.8 Å². The number of piperazine rings is 1. The van der Waals surface area contributed by atoms with E-state index in [0.717, 1.165) is 24.1 Å². The third kappa shape index (κ3) is 5.47. The number of amides is 1. The zero-order valence-electron chi connectivity index (χ0n) is 17.2. The van der Waals surface area contributed by atoms with Crippen LogP contribution in [0, 0.1) is 6.92 Å². The topological polar surface area (TPSA) is 58.8 Å². The Bertz CT molecular complexity index is 1060. The van der Waals surface area contributed by atoms with Crippen LogP contribution in [0.5, 0.6) is 5.75 Å². The van der Waals surface area contributed by atoms with E-state index in [9.17, 15) is 4.79 Å². The number of carbonyl (C=O) groups excluding carboxylic acids is 1. The molecule has 2 aromatic carbocycles. The number of ether oxygens (including phenoxy) is 1. The molecule has 1 aliphatic heterocycles. The first-order valence-corrected chi connectivity index (χ1v) is 11.3. The number of aromatic nitrogens is 1. The van der Waals surface area contributed by atoms with Crippen LogP contribution >= 0.6 is 27.5 Å². The minimum atomic E-state index is -0.122. The summed E-state index contributed by atoms with van der Waals surface area (Å²) in [6.45, 7) is 5.76. The molecule has 6 nitrogen and oxygen atoms in total. The zero-order chi connectivity index (χ0) is 21.8. The normalized spacial score (nSPS) is 14.6. The average molecular weight is 505 g/mol. The molecule has 4 rings (SSSR count). The SMILES string of the molecule is Cc1onc(C(=O)N2CCN(Cc3cccc(Br)c3)CC2)c1COc1cccc(Cl)c1. The van der Waals surface area contributed by atoms with Crippen LogP contribution in [0.15, 0.2) is 57.5 Å². The molecule has 1 amide bonds. The average Bonchev–Trinajstić information content (AvgIpc) is 3.13. The van der Waals surface area contributed by atoms with Gasteiger partial charge in [0.15, 0.2) is 5.69 Å². The van der Waals surface area contributed by atoms with Crippen LogP contribution in [0.3, 0.4) is 0 Å². The van der Waals surface area contributed by atoms with Crippen molar-refractivity contribution >= 4 is 33.4 Å². The second-order valence-corrected chi connectivity index (χ2v) is 8.86. The summed E-state index contributed by atoms with van der Waals surface area (Å²) >= 11 is 9.53. The van der Waals surface area contributed by atoms with Crippen molar-refractivity contribution in [1.29, 1.82) is 0 Å². The fraction of sp³-hybridized carbons (Fsp3) is 0.304. The number of rotatable bonds is 6. The van der Waals surface area contributed by atoms with Gasteiger partial charge in [-0.1, -0.05) is 50.9 Å². The fourth-order valence-electron chi connectivity index (χ4n) is 3.59. The molecule has 1 aromatic heterocycles. The Labute approximate surface area is 194 Å². The molecule has 8 heteroatoms.